The first-order valence-corrected chi connectivity index (χ1v) is 7.75. The van der Waals surface area contributed by atoms with Gasteiger partial charge in [0.25, 0.3) is 0 Å². The maximum Gasteiger partial charge on any atom is 0.407 e. The Morgan fingerprint density at radius 1 is 1.36 bits per heavy atom. The molecule has 1 fully saturated rings. The van der Waals surface area contributed by atoms with Crippen molar-refractivity contribution in [2.75, 3.05) is 19.6 Å². The van der Waals surface area contributed by atoms with Crippen LogP contribution in [-0.2, 0) is 4.74 Å². The molecule has 2 atom stereocenters. The lowest BCUT2D eigenvalue weighted by molar-refractivity contribution is -0.138. The summed E-state index contributed by atoms with van der Waals surface area (Å²) in [4.78, 5) is 13.6. The van der Waals surface area contributed by atoms with Crippen molar-refractivity contribution in [1.29, 1.82) is 0 Å². The van der Waals surface area contributed by atoms with Crippen molar-refractivity contribution in [3.8, 4) is 0 Å². The Hall–Kier alpha value is -0.980. The number of carbonyl (C=O) groups excluding carboxylic acids is 1. The molecule has 4 nitrogen and oxygen atoms in total. The van der Waals surface area contributed by atoms with Crippen LogP contribution >= 0.6 is 0 Å². The number of hydrogen-bond donors (Lipinski definition) is 1. The van der Waals surface area contributed by atoms with Gasteiger partial charge >= 0.3 is 12.3 Å². The fraction of sp³-hybridized carbons (Fsp3) is 0.933. The van der Waals surface area contributed by atoms with Crippen molar-refractivity contribution < 1.29 is 22.7 Å². The van der Waals surface area contributed by atoms with Crippen LogP contribution in [0.3, 0.4) is 0 Å². The molecule has 130 valence electrons. The van der Waals surface area contributed by atoms with Crippen molar-refractivity contribution in [2.45, 2.75) is 64.8 Å². The van der Waals surface area contributed by atoms with Crippen molar-refractivity contribution in [2.24, 2.45) is 5.92 Å². The molecule has 0 aromatic heterocycles. The van der Waals surface area contributed by atoms with Gasteiger partial charge in [0.15, 0.2) is 0 Å². The zero-order valence-electron chi connectivity index (χ0n) is 13.8. The number of ether oxygens (including phenoxy) is 1. The first-order chi connectivity index (χ1) is 9.96. The molecule has 0 aromatic carbocycles. The van der Waals surface area contributed by atoms with E-state index in [2.05, 4.69) is 5.32 Å². The van der Waals surface area contributed by atoms with E-state index < -0.39 is 24.3 Å². The molecule has 1 rings (SSSR count). The highest BCUT2D eigenvalue weighted by Crippen LogP contribution is 2.24. The van der Waals surface area contributed by atoms with Crippen molar-refractivity contribution in [1.82, 2.24) is 10.2 Å². The van der Waals surface area contributed by atoms with Gasteiger partial charge in [0.2, 0.25) is 0 Å². The second-order valence-electron chi connectivity index (χ2n) is 7.00. The van der Waals surface area contributed by atoms with Gasteiger partial charge in [-0.3, -0.25) is 0 Å². The van der Waals surface area contributed by atoms with E-state index in [0.717, 1.165) is 12.8 Å². The van der Waals surface area contributed by atoms with Gasteiger partial charge in [-0.1, -0.05) is 0 Å². The summed E-state index contributed by atoms with van der Waals surface area (Å²) in [6.07, 6.45) is -3.63. The van der Waals surface area contributed by atoms with E-state index in [1.807, 2.05) is 11.8 Å². The lowest BCUT2D eigenvalue weighted by Crippen LogP contribution is -2.47. The van der Waals surface area contributed by atoms with Gasteiger partial charge in [-0.15, -0.1) is 0 Å². The lowest BCUT2D eigenvalue weighted by atomic mass is 9.91. The number of amides is 1. The summed E-state index contributed by atoms with van der Waals surface area (Å²) >= 11 is 0. The summed E-state index contributed by atoms with van der Waals surface area (Å²) in [5, 5.41) is 2.79. The van der Waals surface area contributed by atoms with Gasteiger partial charge in [0.05, 0.1) is 6.42 Å². The van der Waals surface area contributed by atoms with Gasteiger partial charge < -0.3 is 15.0 Å². The van der Waals surface area contributed by atoms with Crippen molar-refractivity contribution in [3.63, 3.8) is 0 Å². The topological polar surface area (TPSA) is 41.6 Å². The predicted octanol–water partition coefficient (Wildman–Crippen LogP) is 3.56. The number of nitrogens with one attached hydrogen (secondary N) is 1. The number of halogens is 3. The molecule has 22 heavy (non-hydrogen) atoms. The molecule has 0 radical (unpaired) electrons. The summed E-state index contributed by atoms with van der Waals surface area (Å²) in [5.74, 6) is 0.148. The first kappa shape index (κ1) is 19.1. The third-order valence-corrected chi connectivity index (χ3v) is 3.70. The van der Waals surface area contributed by atoms with E-state index in [1.54, 1.807) is 20.8 Å². The van der Waals surface area contributed by atoms with Crippen LogP contribution in [0.25, 0.3) is 0 Å². The zero-order valence-corrected chi connectivity index (χ0v) is 13.8. The number of alkyl halides is 3. The summed E-state index contributed by atoms with van der Waals surface area (Å²) in [5.41, 5.74) is -0.560. The molecule has 1 aliphatic heterocycles. The van der Waals surface area contributed by atoms with Gasteiger partial charge in [0.1, 0.15) is 5.60 Å². The Bertz CT molecular complexity index is 367. The normalized spacial score (nSPS) is 22.2. The van der Waals surface area contributed by atoms with Crippen LogP contribution in [0, 0.1) is 5.92 Å². The molecule has 0 saturated carbocycles. The quantitative estimate of drug-likeness (QED) is 0.859. The van der Waals surface area contributed by atoms with Crippen LogP contribution in [0.15, 0.2) is 0 Å². The Morgan fingerprint density at radius 3 is 2.55 bits per heavy atom. The largest absolute Gasteiger partial charge is 0.444 e. The number of hydrogen-bond acceptors (Lipinski definition) is 3. The van der Waals surface area contributed by atoms with Gasteiger partial charge in [-0.2, -0.15) is 13.2 Å². The van der Waals surface area contributed by atoms with Crippen molar-refractivity contribution in [3.05, 3.63) is 0 Å². The minimum atomic E-state index is -4.12. The monoisotopic (exact) mass is 324 g/mol. The molecule has 1 saturated heterocycles. The molecule has 0 aromatic rings. The molecule has 0 spiro atoms. The zero-order chi connectivity index (χ0) is 17.0. The molecular weight excluding hydrogens is 297 g/mol. The maximum absolute atomic E-state index is 12.3. The molecule has 7 heteroatoms. The Balaban J connectivity index is 2.42. The van der Waals surface area contributed by atoms with Crippen LogP contribution in [0.2, 0.25) is 0 Å². The molecule has 1 N–H and O–H groups in total. The minimum absolute atomic E-state index is 0.0269. The summed E-state index contributed by atoms with van der Waals surface area (Å²) < 4.78 is 42.1. The number of piperidine rings is 1. The number of nitrogens with zero attached hydrogens (tertiary/aromatic N) is 1. The van der Waals surface area contributed by atoms with E-state index in [4.69, 9.17) is 4.74 Å². The summed E-state index contributed by atoms with van der Waals surface area (Å²) in [6, 6.07) is -0.122. The summed E-state index contributed by atoms with van der Waals surface area (Å²) in [7, 11) is 0. The summed E-state index contributed by atoms with van der Waals surface area (Å²) in [6.45, 7) is 8.53. The predicted molar refractivity (Wildman–Crippen MR) is 78.7 cm³/mol. The molecule has 1 aliphatic rings. The van der Waals surface area contributed by atoms with Crippen molar-refractivity contribution >= 4 is 6.09 Å². The maximum atomic E-state index is 12.3. The Morgan fingerprint density at radius 2 is 2.00 bits per heavy atom. The molecule has 1 amide bonds. The van der Waals surface area contributed by atoms with E-state index in [0.29, 0.717) is 13.1 Å². The Labute approximate surface area is 130 Å². The fourth-order valence-corrected chi connectivity index (χ4v) is 2.60. The second kappa shape index (κ2) is 7.53. The van der Waals surface area contributed by atoms with E-state index in [1.165, 1.54) is 0 Å². The highest BCUT2D eigenvalue weighted by Gasteiger charge is 2.31. The lowest BCUT2D eigenvalue weighted by Gasteiger charge is -2.36. The van der Waals surface area contributed by atoms with Crippen LogP contribution in [0.4, 0.5) is 18.0 Å². The first-order valence-electron chi connectivity index (χ1n) is 7.75. The second-order valence-corrected chi connectivity index (χ2v) is 7.00. The SMILES string of the molecule is C[C@H](NC(=O)OC(C)(C)C)[C@H]1CCCN(CCC(F)(F)F)C1. The van der Waals surface area contributed by atoms with E-state index in [9.17, 15) is 18.0 Å². The molecule has 1 heterocycles. The number of carbonyl (C=O) groups is 1. The van der Waals surface area contributed by atoms with E-state index >= 15 is 0 Å². The van der Waals surface area contributed by atoms with Crippen LogP contribution in [-0.4, -0.2) is 48.4 Å². The van der Waals surface area contributed by atoms with Crippen LogP contribution in [0.5, 0.6) is 0 Å². The third-order valence-electron chi connectivity index (χ3n) is 3.70. The van der Waals surface area contributed by atoms with Gasteiger partial charge in [-0.25, -0.2) is 4.79 Å². The van der Waals surface area contributed by atoms with E-state index in [-0.39, 0.29) is 18.5 Å². The third kappa shape index (κ3) is 7.87. The average Bonchev–Trinajstić information content (AvgIpc) is 2.33. The molecule has 0 aliphatic carbocycles. The highest BCUT2D eigenvalue weighted by atomic mass is 19.4. The highest BCUT2D eigenvalue weighted by molar-refractivity contribution is 5.68. The van der Waals surface area contributed by atoms with Gasteiger partial charge in [-0.05, 0) is 53.0 Å². The molecule has 0 unspecified atom stereocenters. The van der Waals surface area contributed by atoms with Gasteiger partial charge in [0, 0.05) is 19.1 Å². The smallest absolute Gasteiger partial charge is 0.407 e. The molecular formula is C15H27F3N2O2. The number of alkyl carbamates (subject to hydrolysis) is 1. The van der Waals surface area contributed by atoms with Crippen LogP contribution < -0.4 is 5.32 Å². The Kier molecular flexibility index (Phi) is 6.52. The standard InChI is InChI=1S/C15H27F3N2O2/c1-11(19-13(21)22-14(2,3)4)12-6-5-8-20(10-12)9-7-15(16,17)18/h11-12H,5-10H2,1-4H3,(H,19,21)/t11-,12-/m0/s1. The fourth-order valence-electron chi connectivity index (χ4n) is 2.60. The van der Waals surface area contributed by atoms with Crippen LogP contribution in [0.1, 0.15) is 47.0 Å². The number of rotatable bonds is 4. The minimum Gasteiger partial charge on any atom is -0.444 e. The number of likely N-dealkylation sites (tertiary alicyclic amines) is 1. The average molecular weight is 324 g/mol. The molecule has 0 bridgehead atoms.